The molecular formula is C20H16O4. The highest BCUT2D eigenvalue weighted by molar-refractivity contribution is 5.95. The van der Waals surface area contributed by atoms with Gasteiger partial charge in [0.1, 0.15) is 5.76 Å². The van der Waals surface area contributed by atoms with E-state index in [9.17, 15) is 9.59 Å². The first-order valence-corrected chi connectivity index (χ1v) is 7.67. The Kier molecular flexibility index (Phi) is 4.57. The number of esters is 1. The van der Waals surface area contributed by atoms with E-state index < -0.39 is 11.4 Å². The van der Waals surface area contributed by atoms with Crippen LogP contribution in [0.3, 0.4) is 0 Å². The van der Waals surface area contributed by atoms with Crippen molar-refractivity contribution in [2.75, 3.05) is 6.61 Å². The number of hydrogen-bond donors (Lipinski definition) is 0. The fourth-order valence-corrected chi connectivity index (χ4v) is 2.43. The van der Waals surface area contributed by atoms with Crippen LogP contribution in [0.25, 0.3) is 22.6 Å². The van der Waals surface area contributed by atoms with Crippen LogP contribution >= 0.6 is 0 Å². The van der Waals surface area contributed by atoms with Gasteiger partial charge in [-0.1, -0.05) is 60.7 Å². The summed E-state index contributed by atoms with van der Waals surface area (Å²) in [6, 6.07) is 19.7. The van der Waals surface area contributed by atoms with Gasteiger partial charge in [0.2, 0.25) is 5.43 Å². The standard InChI is InChI=1S/C20H16O4/c1-2-23-20(22)18-16(21)13-17(14-9-5-3-6-10-14)24-19(18)15-11-7-4-8-12-15/h3-13H,2H2,1H3. The van der Waals surface area contributed by atoms with Gasteiger partial charge in [-0.05, 0) is 6.92 Å². The van der Waals surface area contributed by atoms with Gasteiger partial charge < -0.3 is 9.15 Å². The van der Waals surface area contributed by atoms with Gasteiger partial charge in [0.15, 0.2) is 11.3 Å². The summed E-state index contributed by atoms with van der Waals surface area (Å²) in [6.07, 6.45) is 0. The van der Waals surface area contributed by atoms with Crippen LogP contribution in [0.4, 0.5) is 0 Å². The third kappa shape index (κ3) is 3.13. The molecule has 0 bridgehead atoms. The van der Waals surface area contributed by atoms with Crippen LogP contribution in [-0.4, -0.2) is 12.6 Å². The average Bonchev–Trinajstić information content (AvgIpc) is 2.62. The second kappa shape index (κ2) is 6.96. The molecule has 0 atom stereocenters. The summed E-state index contributed by atoms with van der Waals surface area (Å²) < 4.78 is 10.9. The Labute approximate surface area is 139 Å². The molecule has 24 heavy (non-hydrogen) atoms. The summed E-state index contributed by atoms with van der Waals surface area (Å²) in [7, 11) is 0. The van der Waals surface area contributed by atoms with Crippen molar-refractivity contribution in [3.63, 3.8) is 0 Å². The van der Waals surface area contributed by atoms with Crippen LogP contribution in [0.2, 0.25) is 0 Å². The minimum Gasteiger partial charge on any atom is -0.462 e. The lowest BCUT2D eigenvalue weighted by molar-refractivity contribution is 0.0523. The normalized spacial score (nSPS) is 10.4. The lowest BCUT2D eigenvalue weighted by Gasteiger charge is -2.10. The Bertz CT molecular complexity index is 896. The summed E-state index contributed by atoms with van der Waals surface area (Å²) in [6.45, 7) is 1.88. The van der Waals surface area contributed by atoms with Crippen molar-refractivity contribution >= 4 is 5.97 Å². The average molecular weight is 320 g/mol. The van der Waals surface area contributed by atoms with E-state index in [4.69, 9.17) is 9.15 Å². The molecule has 0 unspecified atom stereocenters. The van der Waals surface area contributed by atoms with E-state index in [-0.39, 0.29) is 17.9 Å². The maximum absolute atomic E-state index is 12.6. The maximum atomic E-state index is 12.6. The molecule has 3 aromatic rings. The van der Waals surface area contributed by atoms with Crippen LogP contribution in [0.15, 0.2) is 75.9 Å². The Balaban J connectivity index is 2.24. The number of rotatable bonds is 4. The second-order valence-electron chi connectivity index (χ2n) is 5.13. The largest absolute Gasteiger partial charge is 0.462 e. The van der Waals surface area contributed by atoms with Gasteiger partial charge in [0.25, 0.3) is 0 Å². The quantitative estimate of drug-likeness (QED) is 0.678. The number of hydrogen-bond acceptors (Lipinski definition) is 4. The van der Waals surface area contributed by atoms with Crippen LogP contribution in [-0.2, 0) is 4.74 Å². The van der Waals surface area contributed by atoms with Crippen molar-refractivity contribution < 1.29 is 13.9 Å². The number of ether oxygens (including phenoxy) is 1. The number of carbonyl (C=O) groups is 1. The van der Waals surface area contributed by atoms with E-state index in [1.54, 1.807) is 19.1 Å². The first-order valence-electron chi connectivity index (χ1n) is 7.67. The molecule has 0 aliphatic rings. The molecule has 2 aromatic carbocycles. The van der Waals surface area contributed by atoms with E-state index in [0.717, 1.165) is 5.56 Å². The monoisotopic (exact) mass is 320 g/mol. The Morgan fingerprint density at radius 1 is 0.958 bits per heavy atom. The summed E-state index contributed by atoms with van der Waals surface area (Å²) in [5.74, 6) is -0.0439. The van der Waals surface area contributed by atoms with Gasteiger partial charge in [-0.3, -0.25) is 4.79 Å². The molecule has 4 heteroatoms. The lowest BCUT2D eigenvalue weighted by atomic mass is 10.1. The van der Waals surface area contributed by atoms with E-state index >= 15 is 0 Å². The predicted octanol–water partition coefficient (Wildman–Crippen LogP) is 4.15. The van der Waals surface area contributed by atoms with Crippen LogP contribution in [0, 0.1) is 0 Å². The van der Waals surface area contributed by atoms with Gasteiger partial charge in [-0.25, -0.2) is 4.79 Å². The number of carbonyl (C=O) groups excluding carboxylic acids is 1. The number of benzene rings is 2. The Hall–Kier alpha value is -3.14. The SMILES string of the molecule is CCOC(=O)c1c(-c2ccccc2)oc(-c2ccccc2)cc1=O. The first kappa shape index (κ1) is 15.7. The third-order valence-electron chi connectivity index (χ3n) is 3.52. The topological polar surface area (TPSA) is 56.5 Å². The molecule has 3 rings (SSSR count). The molecule has 0 radical (unpaired) electrons. The molecular weight excluding hydrogens is 304 g/mol. The van der Waals surface area contributed by atoms with Gasteiger partial charge in [0, 0.05) is 17.2 Å². The zero-order chi connectivity index (χ0) is 16.9. The molecule has 120 valence electrons. The minimum atomic E-state index is -0.676. The molecule has 0 aliphatic heterocycles. The van der Waals surface area contributed by atoms with Crippen molar-refractivity contribution in [1.29, 1.82) is 0 Å². The molecule has 0 saturated heterocycles. The maximum Gasteiger partial charge on any atom is 0.346 e. The van der Waals surface area contributed by atoms with Crippen LogP contribution in [0.5, 0.6) is 0 Å². The minimum absolute atomic E-state index is 0.0808. The van der Waals surface area contributed by atoms with Gasteiger partial charge in [0.05, 0.1) is 6.61 Å². The zero-order valence-electron chi connectivity index (χ0n) is 13.2. The smallest absolute Gasteiger partial charge is 0.346 e. The van der Waals surface area contributed by atoms with E-state index in [1.165, 1.54) is 6.07 Å². The molecule has 0 saturated carbocycles. The van der Waals surface area contributed by atoms with Crippen molar-refractivity contribution in [1.82, 2.24) is 0 Å². The summed E-state index contributed by atoms with van der Waals surface area (Å²) >= 11 is 0. The highest BCUT2D eigenvalue weighted by atomic mass is 16.5. The van der Waals surface area contributed by atoms with Crippen molar-refractivity contribution in [3.05, 3.63) is 82.5 Å². The molecule has 0 N–H and O–H groups in total. The Morgan fingerprint density at radius 3 is 2.12 bits per heavy atom. The van der Waals surface area contributed by atoms with Gasteiger partial charge in [-0.2, -0.15) is 0 Å². The fraction of sp³-hybridized carbons (Fsp3) is 0.100. The molecule has 0 amide bonds. The fourth-order valence-electron chi connectivity index (χ4n) is 2.43. The summed E-state index contributed by atoms with van der Waals surface area (Å²) in [4.78, 5) is 24.8. The lowest BCUT2D eigenvalue weighted by Crippen LogP contribution is -2.18. The predicted molar refractivity (Wildman–Crippen MR) is 91.8 cm³/mol. The van der Waals surface area contributed by atoms with Crippen LogP contribution < -0.4 is 5.43 Å². The molecule has 0 aliphatic carbocycles. The van der Waals surface area contributed by atoms with Crippen LogP contribution in [0.1, 0.15) is 17.3 Å². The summed E-state index contributed by atoms with van der Waals surface area (Å²) in [5.41, 5.74) is 0.915. The molecule has 0 spiro atoms. The molecule has 4 nitrogen and oxygen atoms in total. The highest BCUT2D eigenvalue weighted by Gasteiger charge is 2.22. The second-order valence-corrected chi connectivity index (χ2v) is 5.13. The third-order valence-corrected chi connectivity index (χ3v) is 3.52. The van der Waals surface area contributed by atoms with E-state index in [1.807, 2.05) is 48.5 Å². The first-order chi connectivity index (χ1) is 11.7. The summed E-state index contributed by atoms with van der Waals surface area (Å²) in [5, 5.41) is 0. The molecule has 1 heterocycles. The molecule has 0 fully saturated rings. The Morgan fingerprint density at radius 2 is 1.54 bits per heavy atom. The van der Waals surface area contributed by atoms with Gasteiger partial charge >= 0.3 is 5.97 Å². The van der Waals surface area contributed by atoms with E-state index in [2.05, 4.69) is 0 Å². The highest BCUT2D eigenvalue weighted by Crippen LogP contribution is 2.27. The van der Waals surface area contributed by atoms with Gasteiger partial charge in [-0.15, -0.1) is 0 Å². The van der Waals surface area contributed by atoms with Crippen molar-refractivity contribution in [3.8, 4) is 22.6 Å². The zero-order valence-corrected chi connectivity index (χ0v) is 13.2. The molecule has 1 aromatic heterocycles. The van der Waals surface area contributed by atoms with Crippen molar-refractivity contribution in [2.45, 2.75) is 6.92 Å². The van der Waals surface area contributed by atoms with E-state index in [0.29, 0.717) is 11.3 Å². The van der Waals surface area contributed by atoms with Crippen molar-refractivity contribution in [2.24, 2.45) is 0 Å².